The Labute approximate surface area is 282 Å². The lowest BCUT2D eigenvalue weighted by Gasteiger charge is -2.40. The molecule has 4 unspecified atom stereocenters. The van der Waals surface area contributed by atoms with Crippen LogP contribution in [-0.4, -0.2) is 66.4 Å². The molecule has 0 saturated carbocycles. The molecular weight excluding hydrogens is 629 g/mol. The molecule has 4 aromatic carbocycles. The third-order valence-corrected chi connectivity index (χ3v) is 8.66. The molecule has 1 amide bonds. The van der Waals surface area contributed by atoms with E-state index in [1.165, 1.54) is 12.3 Å². The summed E-state index contributed by atoms with van der Waals surface area (Å²) < 4.78 is 40.6. The molecule has 2 N–H and O–H groups in total. The predicted molar refractivity (Wildman–Crippen MR) is 181 cm³/mol. The molecule has 4 atom stereocenters. The number of hydrogen-bond acceptors (Lipinski definition) is 8. The number of nitrogens with one attached hydrogen (secondary N) is 1. The molecule has 2 heterocycles. The van der Waals surface area contributed by atoms with Crippen molar-refractivity contribution in [1.82, 2.24) is 9.55 Å². The molecule has 1 saturated heterocycles. The van der Waals surface area contributed by atoms with Gasteiger partial charge in [0, 0.05) is 11.8 Å². The molecule has 6 rings (SSSR count). The molecule has 49 heavy (non-hydrogen) atoms. The van der Waals surface area contributed by atoms with Gasteiger partial charge >= 0.3 is 5.69 Å². The van der Waals surface area contributed by atoms with Crippen LogP contribution in [0.25, 0.3) is 0 Å². The molecule has 1 aliphatic rings. The second kappa shape index (κ2) is 14.8. The number of alkyl halides is 1. The Bertz CT molecular complexity index is 1860. The lowest BCUT2D eigenvalue weighted by Crippen LogP contribution is -2.53. The van der Waals surface area contributed by atoms with Crippen molar-refractivity contribution in [3.05, 3.63) is 154 Å². The van der Waals surface area contributed by atoms with Crippen molar-refractivity contribution in [1.29, 1.82) is 0 Å². The third kappa shape index (κ3) is 6.95. The maximum absolute atomic E-state index is 16.0. The average Bonchev–Trinajstić information content (AvgIpc) is 3.15. The van der Waals surface area contributed by atoms with Crippen LogP contribution >= 0.6 is 0 Å². The number of methoxy groups -OCH3 is 2. The van der Waals surface area contributed by atoms with Gasteiger partial charge in [-0.3, -0.25) is 9.36 Å². The van der Waals surface area contributed by atoms with Crippen molar-refractivity contribution >= 4 is 11.7 Å². The summed E-state index contributed by atoms with van der Waals surface area (Å²) in [4.78, 5) is 29.4. The number of aromatic nitrogens is 2. The molecule has 5 aromatic rings. The van der Waals surface area contributed by atoms with Gasteiger partial charge in [-0.1, -0.05) is 72.8 Å². The summed E-state index contributed by atoms with van der Waals surface area (Å²) in [5.41, 5.74) is 0.716. The van der Waals surface area contributed by atoms with Gasteiger partial charge in [-0.05, 0) is 59.2 Å². The van der Waals surface area contributed by atoms with Gasteiger partial charge in [0.1, 0.15) is 35.1 Å². The summed E-state index contributed by atoms with van der Waals surface area (Å²) in [7, 11) is 3.18. The van der Waals surface area contributed by atoms with Crippen LogP contribution in [0.3, 0.4) is 0 Å². The van der Waals surface area contributed by atoms with E-state index < -0.39 is 41.6 Å². The first-order valence-corrected chi connectivity index (χ1v) is 15.7. The summed E-state index contributed by atoms with van der Waals surface area (Å²) in [6.45, 7) is -0.425. The van der Waals surface area contributed by atoms with Gasteiger partial charge in [0.15, 0.2) is 6.17 Å². The first-order chi connectivity index (χ1) is 23.8. The largest absolute Gasteiger partial charge is 0.497 e. The predicted octanol–water partition coefficient (Wildman–Crippen LogP) is 5.16. The fourth-order valence-electron chi connectivity index (χ4n) is 6.02. The minimum Gasteiger partial charge on any atom is -0.497 e. The van der Waals surface area contributed by atoms with Crippen LogP contribution < -0.4 is 20.5 Å². The Balaban J connectivity index is 1.25. The number of ether oxygens (including phenoxy) is 4. The molecule has 1 aliphatic heterocycles. The lowest BCUT2D eigenvalue weighted by molar-refractivity contribution is -0.169. The van der Waals surface area contributed by atoms with E-state index in [0.717, 1.165) is 21.3 Å². The number of carbonyl (C=O) groups is 1. The molecule has 1 fully saturated rings. The average molecular weight is 666 g/mol. The Morgan fingerprint density at radius 2 is 1.43 bits per heavy atom. The van der Waals surface area contributed by atoms with Gasteiger partial charge in [0.25, 0.3) is 5.91 Å². The standard InChI is InChI=1S/C38H36FN3O7/c1-46-29-17-13-27(14-18-29)38(26-11-7-4-8-12-26,28-15-19-30(47-2)20-16-28)49-24-32-35(43)34(39)31(23-48-32)42-22-21-33(41-37(42)45)40-36(44)25-9-5-3-6-10-25/h3-22,31-32,34-35,43H,23-24H2,1-2H3,(H,40,41,44,45). The SMILES string of the molecule is COc1ccc(C(OCC2OCC(n3ccc(NC(=O)c4ccccc4)nc3=O)C(F)C2O)(c2ccccc2)c2ccc(OC)cc2)cc1. The molecule has 11 heteroatoms. The van der Waals surface area contributed by atoms with Gasteiger partial charge in [0.2, 0.25) is 0 Å². The van der Waals surface area contributed by atoms with E-state index in [1.807, 2.05) is 78.9 Å². The third-order valence-electron chi connectivity index (χ3n) is 8.66. The van der Waals surface area contributed by atoms with E-state index in [0.29, 0.717) is 17.1 Å². The normalized spacial score (nSPS) is 19.2. The number of halogens is 1. The lowest BCUT2D eigenvalue weighted by atomic mass is 9.80. The van der Waals surface area contributed by atoms with Crippen molar-refractivity contribution in [3.8, 4) is 11.5 Å². The van der Waals surface area contributed by atoms with Crippen molar-refractivity contribution in [2.24, 2.45) is 0 Å². The molecule has 1 aromatic heterocycles. The molecule has 0 bridgehead atoms. The van der Waals surface area contributed by atoms with Crippen molar-refractivity contribution < 1.29 is 33.2 Å². The Kier molecular flexibility index (Phi) is 10.1. The summed E-state index contributed by atoms with van der Waals surface area (Å²) in [5, 5.41) is 13.8. The Morgan fingerprint density at radius 3 is 1.98 bits per heavy atom. The van der Waals surface area contributed by atoms with Crippen LogP contribution in [0, 0.1) is 0 Å². The van der Waals surface area contributed by atoms with Gasteiger partial charge in [0.05, 0.1) is 33.5 Å². The van der Waals surface area contributed by atoms with Crippen molar-refractivity contribution in [2.75, 3.05) is 32.8 Å². The smallest absolute Gasteiger partial charge is 0.349 e. The van der Waals surface area contributed by atoms with Crippen molar-refractivity contribution in [2.45, 2.75) is 30.0 Å². The number of hydrogen-bond donors (Lipinski definition) is 2. The quantitative estimate of drug-likeness (QED) is 0.186. The number of aliphatic hydroxyl groups excluding tert-OH is 1. The van der Waals surface area contributed by atoms with Gasteiger partial charge < -0.3 is 29.4 Å². The summed E-state index contributed by atoms with van der Waals surface area (Å²) in [5.74, 6) is 0.899. The number of benzene rings is 4. The maximum atomic E-state index is 16.0. The van der Waals surface area contributed by atoms with Gasteiger partial charge in [-0.2, -0.15) is 4.98 Å². The molecule has 252 valence electrons. The summed E-state index contributed by atoms with van der Waals surface area (Å²) in [6.07, 6.45) is -3.27. The second-order valence-electron chi connectivity index (χ2n) is 11.5. The van der Waals surface area contributed by atoms with Crippen LogP contribution in [0.15, 0.2) is 126 Å². The number of anilines is 1. The molecule has 0 aliphatic carbocycles. The van der Waals surface area contributed by atoms with Crippen LogP contribution in [0.4, 0.5) is 10.2 Å². The minimum atomic E-state index is -1.89. The fourth-order valence-corrected chi connectivity index (χ4v) is 6.02. The van der Waals surface area contributed by atoms with Crippen LogP contribution in [-0.2, 0) is 15.1 Å². The Hall–Kier alpha value is -5.36. The van der Waals surface area contributed by atoms with Crippen molar-refractivity contribution in [3.63, 3.8) is 0 Å². The van der Waals surface area contributed by atoms with E-state index in [9.17, 15) is 14.7 Å². The summed E-state index contributed by atoms with van der Waals surface area (Å²) >= 11 is 0. The molecular formula is C38H36FN3O7. The van der Waals surface area contributed by atoms with E-state index in [-0.39, 0.29) is 19.0 Å². The first kappa shape index (κ1) is 33.5. The van der Waals surface area contributed by atoms with Gasteiger partial charge in [-0.25, -0.2) is 9.18 Å². The molecule has 0 spiro atoms. The van der Waals surface area contributed by atoms with Crippen LogP contribution in [0.1, 0.15) is 33.1 Å². The zero-order chi connectivity index (χ0) is 34.4. The number of nitrogens with zero attached hydrogens (tertiary/aromatic N) is 2. The number of carbonyl (C=O) groups excluding carboxylic acids is 1. The fraction of sp³-hybridized carbons (Fsp3) is 0.237. The molecule has 0 radical (unpaired) electrons. The maximum Gasteiger partial charge on any atom is 0.349 e. The monoisotopic (exact) mass is 665 g/mol. The van der Waals surface area contributed by atoms with Crippen LogP contribution in [0.2, 0.25) is 0 Å². The highest BCUT2D eigenvalue weighted by Crippen LogP contribution is 2.42. The topological polar surface area (TPSA) is 121 Å². The molecule has 10 nitrogen and oxygen atoms in total. The summed E-state index contributed by atoms with van der Waals surface area (Å²) in [6, 6.07) is 33.2. The highest BCUT2D eigenvalue weighted by molar-refractivity contribution is 6.03. The first-order valence-electron chi connectivity index (χ1n) is 15.7. The van der Waals surface area contributed by atoms with Gasteiger partial charge in [-0.15, -0.1) is 0 Å². The van der Waals surface area contributed by atoms with E-state index in [2.05, 4.69) is 10.3 Å². The zero-order valence-corrected chi connectivity index (χ0v) is 26.9. The van der Waals surface area contributed by atoms with E-state index in [1.54, 1.807) is 44.6 Å². The number of amides is 1. The number of aliphatic hydroxyl groups is 1. The Morgan fingerprint density at radius 1 is 0.878 bits per heavy atom. The number of rotatable bonds is 11. The van der Waals surface area contributed by atoms with E-state index in [4.69, 9.17) is 18.9 Å². The van der Waals surface area contributed by atoms with Crippen LogP contribution in [0.5, 0.6) is 11.5 Å². The minimum absolute atomic E-state index is 0.0170. The highest BCUT2D eigenvalue weighted by atomic mass is 19.1. The highest BCUT2D eigenvalue weighted by Gasteiger charge is 2.44. The van der Waals surface area contributed by atoms with E-state index >= 15 is 4.39 Å². The zero-order valence-electron chi connectivity index (χ0n) is 26.9. The second-order valence-corrected chi connectivity index (χ2v) is 11.5.